The number of hydrogen-bond acceptors (Lipinski definition) is 10. The van der Waals surface area contributed by atoms with Gasteiger partial charge < -0.3 is 18.9 Å². The Labute approximate surface area is 313 Å². The summed E-state index contributed by atoms with van der Waals surface area (Å²) < 4.78 is 21.7. The van der Waals surface area contributed by atoms with Gasteiger partial charge in [0, 0.05) is 6.08 Å². The molecule has 0 atom stereocenters. The monoisotopic (exact) mass is 719 g/mol. The third-order valence-corrected chi connectivity index (χ3v) is 7.99. The maximum Gasteiger partial charge on any atom is 0.343 e. The van der Waals surface area contributed by atoms with Crippen LogP contribution in [0.25, 0.3) is 11.1 Å². The minimum atomic E-state index is -0.499. The Morgan fingerprint density at radius 2 is 1.17 bits per heavy atom. The number of nitriles is 1. The summed E-state index contributed by atoms with van der Waals surface area (Å²) in [5.41, 5.74) is 5.58. The number of benzene rings is 5. The zero-order chi connectivity index (χ0) is 38.1. The molecule has 0 aromatic heterocycles. The van der Waals surface area contributed by atoms with Gasteiger partial charge in [0.15, 0.2) is 0 Å². The van der Waals surface area contributed by atoms with Gasteiger partial charge in [0.1, 0.15) is 17.2 Å². The number of rotatable bonds is 16. The number of unbranched alkanes of at least 4 members (excludes halogenated alkanes) is 1. The Morgan fingerprint density at radius 3 is 1.72 bits per heavy atom. The first-order chi connectivity index (χ1) is 26.3. The molecule has 0 aliphatic carbocycles. The van der Waals surface area contributed by atoms with Gasteiger partial charge in [-0.2, -0.15) is 15.5 Å². The summed E-state index contributed by atoms with van der Waals surface area (Å²) in [4.78, 5) is 36.5. The Bertz CT molecular complexity index is 2150. The molecule has 0 aliphatic rings. The average Bonchev–Trinajstić information content (AvgIpc) is 3.21. The molecule has 0 saturated carbocycles. The highest BCUT2D eigenvalue weighted by atomic mass is 16.5. The standard InChI is InChI=1S/C44H37N3O7/c1-3-41(35-17-25-40(26-18-35)54-44(50)37-19-21-38(22-20-37)51-27-5-6-28-52-42(48)4-2)47-46-30-32-9-13-36(14-10-32)43(49)53-39-23-15-34(16-24-39)33-11-7-31(29-45)8-12-33/h4,7-26,30H,2-3,5-6,27-28H2,1H3. The minimum Gasteiger partial charge on any atom is -0.494 e. The fourth-order valence-corrected chi connectivity index (χ4v) is 5.02. The largest absolute Gasteiger partial charge is 0.494 e. The molecular weight excluding hydrogens is 682 g/mol. The van der Waals surface area contributed by atoms with Crippen LogP contribution >= 0.6 is 0 Å². The molecule has 0 spiro atoms. The summed E-state index contributed by atoms with van der Waals surface area (Å²) in [6, 6.07) is 37.1. The maximum absolute atomic E-state index is 12.7. The highest BCUT2D eigenvalue weighted by Crippen LogP contribution is 2.24. The van der Waals surface area contributed by atoms with Gasteiger partial charge in [0.05, 0.1) is 47.9 Å². The molecule has 0 saturated heterocycles. The van der Waals surface area contributed by atoms with Crippen molar-refractivity contribution in [2.75, 3.05) is 13.2 Å². The second-order valence-corrected chi connectivity index (χ2v) is 11.7. The van der Waals surface area contributed by atoms with Crippen LogP contribution in [0.1, 0.15) is 63.6 Å². The lowest BCUT2D eigenvalue weighted by Crippen LogP contribution is -2.09. The van der Waals surface area contributed by atoms with Crippen molar-refractivity contribution in [2.45, 2.75) is 26.2 Å². The van der Waals surface area contributed by atoms with Crippen LogP contribution in [0.3, 0.4) is 0 Å². The molecule has 0 fully saturated rings. The van der Waals surface area contributed by atoms with Crippen molar-refractivity contribution in [3.63, 3.8) is 0 Å². The van der Waals surface area contributed by atoms with Crippen molar-refractivity contribution in [1.29, 1.82) is 5.26 Å². The molecule has 0 unspecified atom stereocenters. The van der Waals surface area contributed by atoms with Crippen molar-refractivity contribution in [3.8, 4) is 34.4 Å². The lowest BCUT2D eigenvalue weighted by molar-refractivity contribution is -0.137. The third kappa shape index (κ3) is 11.2. The van der Waals surface area contributed by atoms with E-state index in [9.17, 15) is 14.4 Å². The molecule has 10 nitrogen and oxygen atoms in total. The van der Waals surface area contributed by atoms with Crippen molar-refractivity contribution in [3.05, 3.63) is 162 Å². The van der Waals surface area contributed by atoms with Crippen LogP contribution in [0.4, 0.5) is 0 Å². The summed E-state index contributed by atoms with van der Waals surface area (Å²) >= 11 is 0. The Morgan fingerprint density at radius 1 is 0.667 bits per heavy atom. The Hall–Kier alpha value is -7.12. The van der Waals surface area contributed by atoms with E-state index in [0.717, 1.165) is 34.0 Å². The van der Waals surface area contributed by atoms with Gasteiger partial charge >= 0.3 is 17.9 Å². The van der Waals surface area contributed by atoms with E-state index in [1.54, 1.807) is 91.1 Å². The van der Waals surface area contributed by atoms with Gasteiger partial charge in [-0.3, -0.25) is 0 Å². The van der Waals surface area contributed by atoms with Crippen LogP contribution in [-0.2, 0) is 9.53 Å². The Balaban J connectivity index is 1.08. The van der Waals surface area contributed by atoms with Crippen molar-refractivity contribution in [1.82, 2.24) is 0 Å². The van der Waals surface area contributed by atoms with Gasteiger partial charge in [0.2, 0.25) is 0 Å². The molecule has 5 aromatic carbocycles. The van der Waals surface area contributed by atoms with Crippen LogP contribution in [0, 0.1) is 11.3 Å². The van der Waals surface area contributed by atoms with Crippen LogP contribution in [-0.4, -0.2) is 43.0 Å². The highest BCUT2D eigenvalue weighted by Gasteiger charge is 2.11. The fraction of sp³-hybridized carbons (Fsp3) is 0.136. The first-order valence-electron chi connectivity index (χ1n) is 17.2. The molecule has 0 bridgehead atoms. The molecule has 0 aliphatic heterocycles. The second-order valence-electron chi connectivity index (χ2n) is 11.7. The number of carbonyl (C=O) groups excluding carboxylic acids is 3. The fourth-order valence-electron chi connectivity index (χ4n) is 5.02. The number of hydrogen-bond donors (Lipinski definition) is 0. The predicted molar refractivity (Wildman–Crippen MR) is 206 cm³/mol. The summed E-state index contributed by atoms with van der Waals surface area (Å²) in [5.74, 6) is -0.00159. The Kier molecular flexibility index (Phi) is 13.7. The van der Waals surface area contributed by atoms with Crippen molar-refractivity contribution in [2.24, 2.45) is 10.2 Å². The van der Waals surface area contributed by atoms with Crippen LogP contribution < -0.4 is 14.2 Å². The predicted octanol–water partition coefficient (Wildman–Crippen LogP) is 8.79. The van der Waals surface area contributed by atoms with Gasteiger partial charge in [0.25, 0.3) is 0 Å². The van der Waals surface area contributed by atoms with Crippen LogP contribution in [0.15, 0.2) is 144 Å². The molecule has 5 aromatic rings. The van der Waals surface area contributed by atoms with Crippen molar-refractivity contribution >= 4 is 29.8 Å². The minimum absolute atomic E-state index is 0.306. The van der Waals surface area contributed by atoms with E-state index >= 15 is 0 Å². The van der Waals surface area contributed by atoms with E-state index in [0.29, 0.717) is 66.4 Å². The zero-order valence-electron chi connectivity index (χ0n) is 29.6. The first-order valence-corrected chi connectivity index (χ1v) is 17.2. The quantitative estimate of drug-likeness (QED) is 0.0247. The van der Waals surface area contributed by atoms with E-state index < -0.39 is 17.9 Å². The molecule has 0 heterocycles. The van der Waals surface area contributed by atoms with E-state index in [1.165, 1.54) is 0 Å². The summed E-state index contributed by atoms with van der Waals surface area (Å²) in [6.45, 7) is 6.08. The van der Waals surface area contributed by atoms with Gasteiger partial charge in [-0.05, 0) is 126 Å². The SMILES string of the molecule is C=CC(=O)OCCCCOc1ccc(C(=O)Oc2ccc(C(CC)=NN=Cc3ccc(C(=O)Oc4ccc(-c5ccc(C#N)cc5)cc4)cc3)cc2)cc1. The molecule has 270 valence electrons. The van der Waals surface area contributed by atoms with Gasteiger partial charge in [-0.25, -0.2) is 14.4 Å². The smallest absolute Gasteiger partial charge is 0.343 e. The summed E-state index contributed by atoms with van der Waals surface area (Å²) in [7, 11) is 0. The van der Waals surface area contributed by atoms with E-state index in [4.69, 9.17) is 24.2 Å². The first kappa shape index (κ1) is 38.1. The van der Waals surface area contributed by atoms with Gasteiger partial charge in [-0.1, -0.05) is 49.9 Å². The number of carbonyl (C=O) groups is 3. The molecule has 0 radical (unpaired) electrons. The number of esters is 3. The lowest BCUT2D eigenvalue weighted by atomic mass is 10.0. The van der Waals surface area contributed by atoms with Crippen molar-refractivity contribution < 1.29 is 33.3 Å². The molecule has 54 heavy (non-hydrogen) atoms. The highest BCUT2D eigenvalue weighted by molar-refractivity contribution is 6.01. The number of nitrogens with zero attached hydrogens (tertiary/aromatic N) is 3. The topological polar surface area (TPSA) is 137 Å². The molecule has 10 heteroatoms. The number of ether oxygens (including phenoxy) is 4. The molecular formula is C44H37N3O7. The summed E-state index contributed by atoms with van der Waals surface area (Å²) in [6.07, 6.45) is 4.72. The van der Waals surface area contributed by atoms with E-state index in [2.05, 4.69) is 22.9 Å². The zero-order valence-corrected chi connectivity index (χ0v) is 29.6. The third-order valence-electron chi connectivity index (χ3n) is 7.99. The normalized spacial score (nSPS) is 11.0. The van der Waals surface area contributed by atoms with Gasteiger partial charge in [-0.15, -0.1) is 0 Å². The van der Waals surface area contributed by atoms with Crippen LogP contribution in [0.5, 0.6) is 17.2 Å². The van der Waals surface area contributed by atoms with E-state index in [1.807, 2.05) is 43.3 Å². The maximum atomic E-state index is 12.7. The molecule has 0 N–H and O–H groups in total. The van der Waals surface area contributed by atoms with Crippen LogP contribution in [0.2, 0.25) is 0 Å². The average molecular weight is 720 g/mol. The molecule has 0 amide bonds. The summed E-state index contributed by atoms with van der Waals surface area (Å²) in [5, 5.41) is 17.6. The lowest BCUT2D eigenvalue weighted by Gasteiger charge is -2.08. The second kappa shape index (κ2) is 19.5. The van der Waals surface area contributed by atoms with E-state index in [-0.39, 0.29) is 0 Å². The molecule has 5 rings (SSSR count).